The average molecular weight is 408 g/mol. The molecule has 7 nitrogen and oxygen atoms in total. The lowest BCUT2D eigenvalue weighted by atomic mass is 10.1. The van der Waals surface area contributed by atoms with Gasteiger partial charge in [0.15, 0.2) is 5.76 Å². The zero-order chi connectivity index (χ0) is 20.9. The first-order valence-corrected chi connectivity index (χ1v) is 9.98. The van der Waals surface area contributed by atoms with Crippen LogP contribution in [-0.4, -0.2) is 41.9 Å². The molecule has 7 heteroatoms. The maximum absolute atomic E-state index is 12.5. The molecule has 2 aromatic heterocycles. The minimum Gasteiger partial charge on any atom is -0.479 e. The van der Waals surface area contributed by atoms with Gasteiger partial charge >= 0.3 is 0 Å². The van der Waals surface area contributed by atoms with Crippen molar-refractivity contribution in [2.45, 2.75) is 19.6 Å². The minimum atomic E-state index is -0.250. The summed E-state index contributed by atoms with van der Waals surface area (Å²) >= 11 is 0. The molecule has 1 aliphatic rings. The van der Waals surface area contributed by atoms with E-state index in [-0.39, 0.29) is 23.2 Å². The normalized spacial score (nSPS) is 15.7. The van der Waals surface area contributed by atoms with E-state index in [1.54, 1.807) is 17.0 Å². The van der Waals surface area contributed by atoms with E-state index in [2.05, 4.69) is 4.90 Å². The number of furan rings is 1. The van der Waals surface area contributed by atoms with E-state index in [1.165, 1.54) is 18.6 Å². The van der Waals surface area contributed by atoms with Crippen molar-refractivity contribution in [3.05, 3.63) is 88.4 Å². The molecule has 1 saturated heterocycles. The van der Waals surface area contributed by atoms with Crippen molar-refractivity contribution in [2.24, 2.45) is 0 Å². The molecule has 156 valence electrons. The number of nitrogens with zero attached hydrogens (tertiary/aromatic N) is 2. The van der Waals surface area contributed by atoms with Gasteiger partial charge in [0.1, 0.15) is 18.1 Å². The van der Waals surface area contributed by atoms with E-state index in [0.717, 1.165) is 5.56 Å². The first kappa shape index (κ1) is 20.0. The predicted molar refractivity (Wildman–Crippen MR) is 110 cm³/mol. The van der Waals surface area contributed by atoms with Crippen LogP contribution in [0.15, 0.2) is 74.7 Å². The Hall–Kier alpha value is -3.32. The summed E-state index contributed by atoms with van der Waals surface area (Å²) in [6, 6.07) is 14.6. The number of hydrogen-bond donors (Lipinski definition) is 0. The third kappa shape index (κ3) is 4.63. The van der Waals surface area contributed by atoms with Crippen LogP contribution in [0.4, 0.5) is 0 Å². The van der Waals surface area contributed by atoms with Crippen molar-refractivity contribution in [2.75, 3.05) is 26.2 Å². The third-order valence-corrected chi connectivity index (χ3v) is 5.20. The van der Waals surface area contributed by atoms with Crippen LogP contribution in [0.1, 0.15) is 34.9 Å². The molecule has 3 aromatic rings. The molecule has 1 amide bonds. The Morgan fingerprint density at radius 2 is 1.83 bits per heavy atom. The van der Waals surface area contributed by atoms with Crippen LogP contribution in [-0.2, 0) is 6.54 Å². The van der Waals surface area contributed by atoms with Gasteiger partial charge in [0.05, 0.1) is 12.8 Å². The largest absolute Gasteiger partial charge is 0.479 e. The van der Waals surface area contributed by atoms with Crippen LogP contribution in [0.3, 0.4) is 0 Å². The molecule has 1 aliphatic heterocycles. The number of amides is 1. The lowest BCUT2D eigenvalue weighted by molar-refractivity contribution is 0.0588. The van der Waals surface area contributed by atoms with Crippen molar-refractivity contribution >= 4 is 5.91 Å². The maximum Gasteiger partial charge on any atom is 0.289 e. The smallest absolute Gasteiger partial charge is 0.289 e. The summed E-state index contributed by atoms with van der Waals surface area (Å²) in [5, 5.41) is 0. The quantitative estimate of drug-likeness (QED) is 0.623. The van der Waals surface area contributed by atoms with Gasteiger partial charge in [-0.15, -0.1) is 0 Å². The Kier molecular flexibility index (Phi) is 5.99. The van der Waals surface area contributed by atoms with E-state index in [9.17, 15) is 9.59 Å². The Labute approximate surface area is 174 Å². The van der Waals surface area contributed by atoms with Gasteiger partial charge in [-0.3, -0.25) is 14.5 Å². The Balaban J connectivity index is 1.32. The van der Waals surface area contributed by atoms with E-state index in [0.29, 0.717) is 44.2 Å². The molecule has 4 rings (SSSR count). The minimum absolute atomic E-state index is 0.0970. The lowest BCUT2D eigenvalue weighted by Crippen LogP contribution is -2.48. The summed E-state index contributed by atoms with van der Waals surface area (Å²) in [6.45, 7) is 4.98. The molecule has 0 spiro atoms. The van der Waals surface area contributed by atoms with E-state index < -0.39 is 0 Å². The topological polar surface area (TPSA) is 76.1 Å². The number of hydrogen-bond acceptors (Lipinski definition) is 6. The predicted octanol–water partition coefficient (Wildman–Crippen LogP) is 3.33. The fourth-order valence-electron chi connectivity index (χ4n) is 3.48. The molecule has 1 fully saturated rings. The van der Waals surface area contributed by atoms with Crippen molar-refractivity contribution in [3.63, 3.8) is 0 Å². The molecule has 1 aromatic carbocycles. The number of ether oxygens (including phenoxy) is 1. The zero-order valence-corrected chi connectivity index (χ0v) is 16.8. The number of carbonyl (C=O) groups is 1. The average Bonchev–Trinajstić information content (AvgIpc) is 3.31. The standard InChI is InChI=1S/C23H24N2O5/c1-17(18-6-3-2-4-7-18)30-22-16-29-19(14-20(22)26)15-24-9-11-25(12-10-24)23(27)21-8-5-13-28-21/h2-8,13-14,16-17H,9-12,15H2,1H3/t17-/m1/s1. The Morgan fingerprint density at radius 1 is 1.07 bits per heavy atom. The van der Waals surface area contributed by atoms with Crippen LogP contribution in [0, 0.1) is 0 Å². The second-order valence-corrected chi connectivity index (χ2v) is 7.29. The summed E-state index contributed by atoms with van der Waals surface area (Å²) in [4.78, 5) is 28.7. The van der Waals surface area contributed by atoms with Crippen molar-refractivity contribution < 1.29 is 18.4 Å². The van der Waals surface area contributed by atoms with E-state index >= 15 is 0 Å². The second kappa shape index (κ2) is 9.00. The first-order chi connectivity index (χ1) is 14.6. The molecular weight excluding hydrogens is 384 g/mol. The maximum atomic E-state index is 12.5. The van der Waals surface area contributed by atoms with Crippen molar-refractivity contribution in [3.8, 4) is 5.75 Å². The van der Waals surface area contributed by atoms with Gasteiger partial charge in [-0.1, -0.05) is 30.3 Å². The SMILES string of the molecule is C[C@@H](Oc1coc(CN2CCN(C(=O)c3ccco3)CC2)cc1=O)c1ccccc1. The van der Waals surface area contributed by atoms with E-state index in [1.807, 2.05) is 37.3 Å². The van der Waals surface area contributed by atoms with Crippen LogP contribution in [0.2, 0.25) is 0 Å². The number of piperazine rings is 1. The molecule has 30 heavy (non-hydrogen) atoms. The zero-order valence-electron chi connectivity index (χ0n) is 16.8. The van der Waals surface area contributed by atoms with Crippen molar-refractivity contribution in [1.29, 1.82) is 0 Å². The Morgan fingerprint density at radius 3 is 2.50 bits per heavy atom. The highest BCUT2D eigenvalue weighted by molar-refractivity contribution is 5.91. The molecule has 0 N–H and O–H groups in total. The molecule has 3 heterocycles. The number of rotatable bonds is 6. The summed E-state index contributed by atoms with van der Waals surface area (Å²) in [5.74, 6) is 1.03. The molecule has 0 radical (unpaired) electrons. The van der Waals surface area contributed by atoms with Crippen LogP contribution in [0.25, 0.3) is 0 Å². The highest BCUT2D eigenvalue weighted by Gasteiger charge is 2.24. The van der Waals surface area contributed by atoms with Crippen LogP contribution >= 0.6 is 0 Å². The van der Waals surface area contributed by atoms with Crippen molar-refractivity contribution in [1.82, 2.24) is 9.80 Å². The summed E-state index contributed by atoms with van der Waals surface area (Å²) in [6.07, 6.45) is 2.63. The summed E-state index contributed by atoms with van der Waals surface area (Å²) in [7, 11) is 0. The lowest BCUT2D eigenvalue weighted by Gasteiger charge is -2.33. The monoisotopic (exact) mass is 408 g/mol. The Bertz CT molecular complexity index is 1020. The third-order valence-electron chi connectivity index (χ3n) is 5.20. The molecular formula is C23H24N2O5. The fraction of sp³-hybridized carbons (Fsp3) is 0.304. The second-order valence-electron chi connectivity index (χ2n) is 7.29. The molecule has 0 unspecified atom stereocenters. The van der Waals surface area contributed by atoms with Gasteiger partial charge in [-0.25, -0.2) is 0 Å². The van der Waals surface area contributed by atoms with Gasteiger partial charge in [-0.2, -0.15) is 0 Å². The first-order valence-electron chi connectivity index (χ1n) is 9.98. The van der Waals surface area contributed by atoms with Gasteiger partial charge in [-0.05, 0) is 24.6 Å². The van der Waals surface area contributed by atoms with E-state index in [4.69, 9.17) is 13.6 Å². The van der Waals surface area contributed by atoms with Crippen LogP contribution in [0.5, 0.6) is 5.75 Å². The van der Waals surface area contributed by atoms with Gasteiger partial charge in [0.25, 0.3) is 5.91 Å². The van der Waals surface area contributed by atoms with Gasteiger partial charge in [0, 0.05) is 32.2 Å². The molecule has 0 bridgehead atoms. The highest BCUT2D eigenvalue weighted by atomic mass is 16.5. The fourth-order valence-corrected chi connectivity index (χ4v) is 3.48. The number of benzene rings is 1. The summed E-state index contributed by atoms with van der Waals surface area (Å²) in [5.41, 5.74) is 0.786. The number of carbonyl (C=O) groups excluding carboxylic acids is 1. The molecule has 0 saturated carbocycles. The van der Waals surface area contributed by atoms with Gasteiger partial charge in [0.2, 0.25) is 11.2 Å². The summed E-state index contributed by atoms with van der Waals surface area (Å²) < 4.78 is 16.6. The van der Waals surface area contributed by atoms with Gasteiger partial charge < -0.3 is 18.5 Å². The van der Waals surface area contributed by atoms with Crippen LogP contribution < -0.4 is 10.2 Å². The molecule has 0 aliphatic carbocycles. The highest BCUT2D eigenvalue weighted by Crippen LogP contribution is 2.19. The molecule has 1 atom stereocenters.